The van der Waals surface area contributed by atoms with Crippen LogP contribution < -0.4 is 4.74 Å². The molecule has 1 N–H and O–H groups in total. The molecular formula is C34H40O3. The van der Waals surface area contributed by atoms with E-state index in [0.717, 1.165) is 31.4 Å². The van der Waals surface area contributed by atoms with Crippen LogP contribution in [-0.2, 0) is 24.4 Å². The first-order valence-electron chi connectivity index (χ1n) is 14.2. The minimum atomic E-state index is 0.187. The average molecular weight is 497 g/mol. The van der Waals surface area contributed by atoms with E-state index in [9.17, 15) is 5.11 Å². The molecule has 0 aromatic heterocycles. The zero-order valence-electron chi connectivity index (χ0n) is 22.0. The van der Waals surface area contributed by atoms with Gasteiger partial charge in [0.2, 0.25) is 0 Å². The van der Waals surface area contributed by atoms with Crippen LogP contribution in [0.5, 0.6) is 5.75 Å². The predicted molar refractivity (Wildman–Crippen MR) is 147 cm³/mol. The Morgan fingerprint density at radius 2 is 1.59 bits per heavy atom. The minimum absolute atomic E-state index is 0.187. The van der Waals surface area contributed by atoms with Gasteiger partial charge < -0.3 is 14.6 Å². The van der Waals surface area contributed by atoms with E-state index in [1.54, 1.807) is 0 Å². The van der Waals surface area contributed by atoms with Crippen molar-refractivity contribution in [1.82, 2.24) is 0 Å². The molecule has 3 nitrogen and oxygen atoms in total. The first-order valence-corrected chi connectivity index (χ1v) is 14.2. The molecule has 3 aromatic rings. The second-order valence-corrected chi connectivity index (χ2v) is 11.8. The summed E-state index contributed by atoms with van der Waals surface area (Å²) in [4.78, 5) is 0. The van der Waals surface area contributed by atoms with E-state index >= 15 is 0 Å². The third-order valence-electron chi connectivity index (χ3n) is 9.77. The van der Waals surface area contributed by atoms with Gasteiger partial charge in [0.05, 0.1) is 12.7 Å². The zero-order valence-corrected chi connectivity index (χ0v) is 22.0. The summed E-state index contributed by atoms with van der Waals surface area (Å²) in [5.41, 5.74) is 5.60. The Morgan fingerprint density at radius 1 is 0.865 bits per heavy atom. The number of hydrogen-bond acceptors (Lipinski definition) is 3. The molecule has 3 aliphatic rings. The molecule has 3 aromatic carbocycles. The maximum atomic E-state index is 10.1. The van der Waals surface area contributed by atoms with E-state index in [1.165, 1.54) is 35.1 Å². The lowest BCUT2D eigenvalue weighted by Crippen LogP contribution is -2.48. The summed E-state index contributed by atoms with van der Waals surface area (Å²) in [5, 5.41) is 10.1. The summed E-state index contributed by atoms with van der Waals surface area (Å²) in [5.74, 6) is 3.35. The molecule has 0 spiro atoms. The molecule has 194 valence electrons. The highest BCUT2D eigenvalue weighted by molar-refractivity contribution is 5.41. The maximum Gasteiger partial charge on any atom is 0.120 e. The smallest absolute Gasteiger partial charge is 0.120 e. The molecule has 37 heavy (non-hydrogen) atoms. The van der Waals surface area contributed by atoms with E-state index in [0.29, 0.717) is 43.0 Å². The SMILES string of the molecule is C[C@]12C[C@H](CCO)[C@@H]3c4ccc(OCc5ccccc5)cc4CC[C@H]3[C@@H]1CC[C@@H]2OCc1ccccc1. The number of benzene rings is 3. The molecular weight excluding hydrogens is 456 g/mol. The van der Waals surface area contributed by atoms with Crippen molar-refractivity contribution in [2.24, 2.45) is 23.2 Å². The Balaban J connectivity index is 1.21. The normalized spacial score (nSPS) is 30.3. The number of rotatable bonds is 8. The van der Waals surface area contributed by atoms with Gasteiger partial charge in [0.1, 0.15) is 12.4 Å². The standard InChI is InChI=1S/C34H40O3/c1-34-21-27(18-19-35)33-29-15-13-28(36-22-24-8-4-2-5-9-24)20-26(29)12-14-30(33)31(34)16-17-32(34)37-23-25-10-6-3-7-11-25/h2-11,13,15,20,27,30-33,35H,12,14,16-19,21-23H2,1H3/t27-,30-,31-,32-,33+,34-/m0/s1. The fourth-order valence-electron chi connectivity index (χ4n) is 8.14. The van der Waals surface area contributed by atoms with Gasteiger partial charge in [-0.3, -0.25) is 0 Å². The second-order valence-electron chi connectivity index (χ2n) is 11.8. The van der Waals surface area contributed by atoms with Gasteiger partial charge >= 0.3 is 0 Å². The van der Waals surface area contributed by atoms with Gasteiger partial charge in [-0.05, 0) is 102 Å². The van der Waals surface area contributed by atoms with Crippen LogP contribution in [0.15, 0.2) is 78.9 Å². The highest BCUT2D eigenvalue weighted by Crippen LogP contribution is 2.64. The van der Waals surface area contributed by atoms with Crippen molar-refractivity contribution in [3.8, 4) is 5.75 Å². The lowest BCUT2D eigenvalue weighted by molar-refractivity contribution is -0.0889. The molecule has 0 radical (unpaired) electrons. The van der Waals surface area contributed by atoms with Crippen molar-refractivity contribution in [2.75, 3.05) is 6.61 Å². The molecule has 0 unspecified atom stereocenters. The van der Waals surface area contributed by atoms with Gasteiger partial charge in [-0.25, -0.2) is 0 Å². The number of aliphatic hydroxyl groups excluding tert-OH is 1. The molecule has 3 heteroatoms. The van der Waals surface area contributed by atoms with Crippen LogP contribution in [0.4, 0.5) is 0 Å². The first kappa shape index (κ1) is 24.7. The van der Waals surface area contributed by atoms with Gasteiger partial charge in [0.25, 0.3) is 0 Å². The van der Waals surface area contributed by atoms with E-state index in [-0.39, 0.29) is 12.0 Å². The van der Waals surface area contributed by atoms with E-state index < -0.39 is 0 Å². The van der Waals surface area contributed by atoms with Crippen LogP contribution in [0.3, 0.4) is 0 Å². The van der Waals surface area contributed by atoms with Crippen molar-refractivity contribution >= 4 is 0 Å². The Labute approximate surface area is 221 Å². The monoisotopic (exact) mass is 496 g/mol. The highest BCUT2D eigenvalue weighted by Gasteiger charge is 2.58. The number of hydrogen-bond donors (Lipinski definition) is 1. The molecule has 0 bridgehead atoms. The molecule has 6 atom stereocenters. The number of aliphatic hydroxyl groups is 1. The largest absolute Gasteiger partial charge is 0.489 e. The molecule has 0 aliphatic heterocycles. The van der Waals surface area contributed by atoms with Crippen LogP contribution >= 0.6 is 0 Å². The Kier molecular flexibility index (Phi) is 7.10. The third-order valence-corrected chi connectivity index (χ3v) is 9.77. The van der Waals surface area contributed by atoms with E-state index in [1.807, 2.05) is 6.07 Å². The maximum absolute atomic E-state index is 10.1. The van der Waals surface area contributed by atoms with E-state index in [2.05, 4.69) is 79.7 Å². The average Bonchev–Trinajstić information content (AvgIpc) is 3.27. The summed E-state index contributed by atoms with van der Waals surface area (Å²) in [6.07, 6.45) is 7.08. The minimum Gasteiger partial charge on any atom is -0.489 e. The number of ether oxygens (including phenoxy) is 2. The lowest BCUT2D eigenvalue weighted by Gasteiger charge is -2.54. The van der Waals surface area contributed by atoms with Crippen LogP contribution in [0.25, 0.3) is 0 Å². The van der Waals surface area contributed by atoms with Crippen molar-refractivity contribution < 1.29 is 14.6 Å². The molecule has 0 saturated heterocycles. The fraction of sp³-hybridized carbons (Fsp3) is 0.471. The van der Waals surface area contributed by atoms with Crippen LogP contribution in [0.1, 0.15) is 67.2 Å². The summed E-state index contributed by atoms with van der Waals surface area (Å²) in [6, 6.07) is 27.8. The number of aryl methyl sites for hydroxylation is 1. The van der Waals surface area contributed by atoms with Gasteiger partial charge in [0, 0.05) is 6.61 Å². The van der Waals surface area contributed by atoms with E-state index in [4.69, 9.17) is 9.47 Å². The fourth-order valence-corrected chi connectivity index (χ4v) is 8.14. The topological polar surface area (TPSA) is 38.7 Å². The molecule has 0 heterocycles. The van der Waals surface area contributed by atoms with Crippen molar-refractivity contribution in [2.45, 2.75) is 70.7 Å². The zero-order chi connectivity index (χ0) is 25.2. The van der Waals surface area contributed by atoms with Gasteiger partial charge in [-0.1, -0.05) is 73.7 Å². The van der Waals surface area contributed by atoms with Crippen LogP contribution in [0, 0.1) is 23.2 Å². The van der Waals surface area contributed by atoms with Crippen LogP contribution in [0.2, 0.25) is 0 Å². The van der Waals surface area contributed by atoms with Crippen LogP contribution in [-0.4, -0.2) is 17.8 Å². The summed E-state index contributed by atoms with van der Waals surface area (Å²) in [6.45, 7) is 4.06. The first-order chi connectivity index (χ1) is 18.2. The predicted octanol–water partition coefficient (Wildman–Crippen LogP) is 7.32. The van der Waals surface area contributed by atoms with Crippen molar-refractivity contribution in [3.05, 3.63) is 101 Å². The van der Waals surface area contributed by atoms with Crippen molar-refractivity contribution in [1.29, 1.82) is 0 Å². The molecule has 2 saturated carbocycles. The van der Waals surface area contributed by atoms with Crippen molar-refractivity contribution in [3.63, 3.8) is 0 Å². The summed E-state index contributed by atoms with van der Waals surface area (Å²) in [7, 11) is 0. The van der Waals surface area contributed by atoms with Gasteiger partial charge in [-0.2, -0.15) is 0 Å². The Hall–Kier alpha value is -2.62. The quantitative estimate of drug-likeness (QED) is 0.355. The summed E-state index contributed by atoms with van der Waals surface area (Å²) >= 11 is 0. The van der Waals surface area contributed by atoms with Gasteiger partial charge in [0.15, 0.2) is 0 Å². The molecule has 3 aliphatic carbocycles. The Morgan fingerprint density at radius 3 is 2.32 bits per heavy atom. The van der Waals surface area contributed by atoms with Gasteiger partial charge in [-0.15, -0.1) is 0 Å². The Bertz CT molecular complexity index is 1180. The highest BCUT2D eigenvalue weighted by atomic mass is 16.5. The molecule has 0 amide bonds. The summed E-state index contributed by atoms with van der Waals surface area (Å²) < 4.78 is 12.8. The molecule has 2 fully saturated rings. The molecule has 6 rings (SSSR count). The third kappa shape index (κ3) is 4.84. The number of fused-ring (bicyclic) bond motifs is 5. The second kappa shape index (κ2) is 10.6. The lowest BCUT2D eigenvalue weighted by atomic mass is 9.51.